The van der Waals surface area contributed by atoms with Gasteiger partial charge in [0.2, 0.25) is 23.9 Å². The zero-order valence-corrected chi connectivity index (χ0v) is 39.3. The van der Waals surface area contributed by atoms with E-state index in [1.807, 2.05) is 68.4 Å². The topological polar surface area (TPSA) is 211 Å². The summed E-state index contributed by atoms with van der Waals surface area (Å²) in [6, 6.07) is 2.91. The quantitative estimate of drug-likeness (QED) is 0.110. The van der Waals surface area contributed by atoms with Crippen LogP contribution in [-0.4, -0.2) is 117 Å². The number of carboxylic acids is 2. The molecule has 0 aliphatic heterocycles. The van der Waals surface area contributed by atoms with Gasteiger partial charge < -0.3 is 45.6 Å². The number of para-hydroxylation sites is 1. The predicted octanol–water partition coefficient (Wildman–Crippen LogP) is 5.09. The predicted molar refractivity (Wildman–Crippen MR) is 237 cm³/mol. The Labute approximate surface area is 362 Å². The van der Waals surface area contributed by atoms with Crippen LogP contribution in [-0.2, 0) is 34.2 Å². The molecule has 6 unspecified atom stereocenters. The first kappa shape index (κ1) is 52.1. The molecular weight excluding hydrogens is 781 g/mol. The second-order valence-electron chi connectivity index (χ2n) is 19.6. The number of hydrogen-bond acceptors (Lipinski definition) is 8. The standard InChI is InChI=1S/C46H72N6O9/c1-25(2)32(22-27(5)42(58)59)50(16)39(55)35(44(7,8)9)48-37(53)34(47-15)46(13,14)30-24-52(31-21-19-18-20-29(30)31)41(57)38(54)49-36(45(10,11)12)40(56)51(17)33(26(3)4)23-28(6)43(60)61/h18-26,32-36,41,47,57H,1-17H3,(H,48,53)(H,49,54)(H,58,59)(H,60,61). The molecule has 0 spiro atoms. The maximum absolute atomic E-state index is 14.4. The lowest BCUT2D eigenvalue weighted by molar-refractivity contribution is -0.144. The minimum Gasteiger partial charge on any atom is -0.478 e. The summed E-state index contributed by atoms with van der Waals surface area (Å²) in [6.07, 6.45) is 2.87. The fourth-order valence-corrected chi connectivity index (χ4v) is 7.62. The summed E-state index contributed by atoms with van der Waals surface area (Å²) in [5, 5.41) is 40.4. The number of amides is 4. The SMILES string of the molecule is CNC(C(=O)NC(C(=O)N(C)C(C=C(C)C(=O)O)C(C)C)C(C)(C)C)C(C)(C)c1cn(C(O)C(=O)NC(C(=O)N(C)C(C=C(C)C(=O)O)C(C)C)C(C)(C)C)c2ccccc12. The van der Waals surface area contributed by atoms with E-state index in [1.165, 1.54) is 34.3 Å². The summed E-state index contributed by atoms with van der Waals surface area (Å²) in [5.74, 6) is -4.67. The van der Waals surface area contributed by atoms with Crippen LogP contribution in [0.2, 0.25) is 0 Å². The van der Waals surface area contributed by atoms with Crippen LogP contribution in [0.1, 0.15) is 109 Å². The molecule has 0 saturated carbocycles. The van der Waals surface area contributed by atoms with Gasteiger partial charge in [0.05, 0.1) is 23.6 Å². The van der Waals surface area contributed by atoms with Gasteiger partial charge in [-0.05, 0) is 55.2 Å². The van der Waals surface area contributed by atoms with Gasteiger partial charge in [-0.2, -0.15) is 0 Å². The average molecular weight is 853 g/mol. The van der Waals surface area contributed by atoms with Gasteiger partial charge >= 0.3 is 11.9 Å². The molecule has 4 amide bonds. The van der Waals surface area contributed by atoms with E-state index in [0.717, 1.165) is 0 Å². The molecule has 15 heteroatoms. The molecule has 6 atom stereocenters. The van der Waals surface area contributed by atoms with E-state index < -0.39 is 88.2 Å². The van der Waals surface area contributed by atoms with Crippen molar-refractivity contribution in [2.45, 2.75) is 139 Å². The smallest absolute Gasteiger partial charge is 0.331 e. The number of aromatic nitrogens is 1. The summed E-state index contributed by atoms with van der Waals surface area (Å²) in [5.41, 5.74) is -1.33. The Morgan fingerprint density at radius 3 is 1.43 bits per heavy atom. The Kier molecular flexibility index (Phi) is 17.3. The van der Waals surface area contributed by atoms with E-state index in [2.05, 4.69) is 16.0 Å². The molecular formula is C46H72N6O9. The molecule has 0 aliphatic carbocycles. The number of carbonyl (C=O) groups excluding carboxylic acids is 4. The minimum absolute atomic E-state index is 0.0777. The fraction of sp³-hybridized carbons (Fsp3) is 0.609. The van der Waals surface area contributed by atoms with Crippen LogP contribution in [0, 0.1) is 22.7 Å². The molecule has 6 N–H and O–H groups in total. The van der Waals surface area contributed by atoms with Crippen LogP contribution in [0.4, 0.5) is 0 Å². The number of nitrogens with zero attached hydrogens (tertiary/aromatic N) is 3. The zero-order valence-electron chi connectivity index (χ0n) is 39.3. The lowest BCUT2D eigenvalue weighted by Gasteiger charge is -2.39. The van der Waals surface area contributed by atoms with Crippen molar-refractivity contribution in [2.24, 2.45) is 22.7 Å². The van der Waals surface area contributed by atoms with Crippen LogP contribution in [0.25, 0.3) is 10.9 Å². The molecule has 1 heterocycles. The fourth-order valence-electron chi connectivity index (χ4n) is 7.62. The molecule has 0 aliphatic rings. The summed E-state index contributed by atoms with van der Waals surface area (Å²) in [4.78, 5) is 83.0. The van der Waals surface area contributed by atoms with Crippen molar-refractivity contribution in [1.82, 2.24) is 30.3 Å². The molecule has 61 heavy (non-hydrogen) atoms. The molecule has 340 valence electrons. The maximum atomic E-state index is 14.4. The van der Waals surface area contributed by atoms with E-state index in [4.69, 9.17) is 0 Å². The molecule has 0 saturated heterocycles. The largest absolute Gasteiger partial charge is 0.478 e. The highest BCUT2D eigenvalue weighted by molar-refractivity contribution is 5.94. The van der Waals surface area contributed by atoms with Gasteiger partial charge in [0, 0.05) is 42.2 Å². The first-order valence-corrected chi connectivity index (χ1v) is 20.8. The summed E-state index contributed by atoms with van der Waals surface area (Å²) in [6.45, 7) is 25.0. The third-order valence-electron chi connectivity index (χ3n) is 11.5. The van der Waals surface area contributed by atoms with Crippen LogP contribution in [0.15, 0.2) is 53.8 Å². The number of rotatable bonds is 18. The third kappa shape index (κ3) is 12.3. The summed E-state index contributed by atoms with van der Waals surface area (Å²) >= 11 is 0. The van der Waals surface area contributed by atoms with Gasteiger partial charge in [-0.3, -0.25) is 19.2 Å². The highest BCUT2D eigenvalue weighted by atomic mass is 16.4. The van der Waals surface area contributed by atoms with Gasteiger partial charge in [-0.1, -0.05) is 113 Å². The molecule has 1 aromatic heterocycles. The van der Waals surface area contributed by atoms with E-state index in [-0.39, 0.29) is 23.0 Å². The van der Waals surface area contributed by atoms with E-state index in [0.29, 0.717) is 16.5 Å². The Morgan fingerprint density at radius 1 is 0.672 bits per heavy atom. The van der Waals surface area contributed by atoms with Crippen LogP contribution in [0.5, 0.6) is 0 Å². The van der Waals surface area contributed by atoms with Crippen molar-refractivity contribution < 1.29 is 44.1 Å². The number of nitrogens with one attached hydrogen (secondary N) is 3. The molecule has 0 fully saturated rings. The van der Waals surface area contributed by atoms with Gasteiger partial charge in [0.15, 0.2) is 0 Å². The van der Waals surface area contributed by atoms with Crippen molar-refractivity contribution in [1.29, 1.82) is 0 Å². The third-order valence-corrected chi connectivity index (χ3v) is 11.5. The van der Waals surface area contributed by atoms with Gasteiger partial charge in [-0.15, -0.1) is 0 Å². The number of fused-ring (bicyclic) bond motifs is 1. The van der Waals surface area contributed by atoms with E-state index >= 15 is 0 Å². The van der Waals surface area contributed by atoms with Crippen molar-refractivity contribution in [3.8, 4) is 0 Å². The number of hydrogen-bond donors (Lipinski definition) is 6. The molecule has 2 aromatic rings. The Bertz CT molecular complexity index is 2000. The van der Waals surface area contributed by atoms with E-state index in [9.17, 15) is 44.1 Å². The molecule has 2 rings (SSSR count). The molecule has 0 radical (unpaired) electrons. The van der Waals surface area contributed by atoms with Crippen molar-refractivity contribution in [3.63, 3.8) is 0 Å². The monoisotopic (exact) mass is 853 g/mol. The normalized spacial score (nSPS) is 16.1. The zero-order chi connectivity index (χ0) is 47.3. The number of likely N-dealkylation sites (N-methyl/N-ethyl adjacent to an activating group) is 3. The first-order chi connectivity index (χ1) is 27.8. The van der Waals surface area contributed by atoms with Gasteiger partial charge in [-0.25, -0.2) is 9.59 Å². The van der Waals surface area contributed by atoms with Crippen molar-refractivity contribution in [3.05, 3.63) is 59.3 Å². The Balaban J connectivity index is 2.59. The number of carbonyl (C=O) groups is 6. The molecule has 0 bridgehead atoms. The molecule has 1 aromatic carbocycles. The van der Waals surface area contributed by atoms with Crippen molar-refractivity contribution >= 4 is 46.5 Å². The minimum atomic E-state index is -1.81. The van der Waals surface area contributed by atoms with Crippen LogP contribution >= 0.6 is 0 Å². The maximum Gasteiger partial charge on any atom is 0.331 e. The first-order valence-electron chi connectivity index (χ1n) is 20.8. The number of aliphatic hydroxyl groups excluding tert-OH is 1. The Hall–Kier alpha value is -5.02. The van der Waals surface area contributed by atoms with Gasteiger partial charge in [0.25, 0.3) is 5.91 Å². The second-order valence-corrected chi connectivity index (χ2v) is 19.6. The number of aliphatic carboxylic acids is 2. The number of carboxylic acid groups (broad SMARTS) is 2. The number of benzene rings is 1. The lowest BCUT2D eigenvalue weighted by atomic mass is 9.76. The number of aliphatic hydroxyl groups is 1. The Morgan fingerprint density at radius 2 is 1.07 bits per heavy atom. The van der Waals surface area contributed by atoms with Crippen molar-refractivity contribution in [2.75, 3.05) is 21.1 Å². The highest BCUT2D eigenvalue weighted by Gasteiger charge is 2.44. The summed E-state index contributed by atoms with van der Waals surface area (Å²) < 4.78 is 1.39. The molecule has 15 nitrogen and oxygen atoms in total. The highest BCUT2D eigenvalue weighted by Crippen LogP contribution is 2.37. The summed E-state index contributed by atoms with van der Waals surface area (Å²) in [7, 11) is 4.79. The van der Waals surface area contributed by atoms with Gasteiger partial charge in [0.1, 0.15) is 12.1 Å². The average Bonchev–Trinajstić information content (AvgIpc) is 3.55. The van der Waals surface area contributed by atoms with E-state index in [1.54, 1.807) is 72.4 Å². The van der Waals surface area contributed by atoms with Crippen LogP contribution < -0.4 is 16.0 Å². The van der Waals surface area contributed by atoms with Crippen LogP contribution in [0.3, 0.4) is 0 Å². The lowest BCUT2D eigenvalue weighted by Crippen LogP contribution is -2.61. The second kappa shape index (κ2) is 20.2.